The van der Waals surface area contributed by atoms with Crippen molar-refractivity contribution in [3.8, 4) is 0 Å². The second-order valence-corrected chi connectivity index (χ2v) is 4.54. The first-order chi connectivity index (χ1) is 8.04. The molecular formula is C15H26FN. The predicted octanol–water partition coefficient (Wildman–Crippen LogP) is 4.69. The van der Waals surface area contributed by atoms with Crippen molar-refractivity contribution in [2.45, 2.75) is 59.5 Å². The van der Waals surface area contributed by atoms with E-state index in [1.165, 1.54) is 18.6 Å². The highest BCUT2D eigenvalue weighted by Gasteiger charge is 2.09. The Morgan fingerprint density at radius 3 is 1.88 bits per heavy atom. The van der Waals surface area contributed by atoms with Gasteiger partial charge in [0.05, 0.1) is 0 Å². The highest BCUT2D eigenvalue weighted by atomic mass is 19.1. The Bertz CT molecular complexity index is 279. The monoisotopic (exact) mass is 239 g/mol. The fourth-order valence-electron chi connectivity index (χ4n) is 1.55. The van der Waals surface area contributed by atoms with Crippen LogP contribution in [0.1, 0.15) is 59.1 Å². The largest absolute Gasteiger partial charge is 0.308 e. The lowest BCUT2D eigenvalue weighted by atomic mass is 10.0. The molecule has 1 unspecified atom stereocenters. The van der Waals surface area contributed by atoms with Gasteiger partial charge in [0.15, 0.2) is 0 Å². The number of hydrogen-bond acceptors (Lipinski definition) is 1. The summed E-state index contributed by atoms with van der Waals surface area (Å²) in [7, 11) is 0. The average Bonchev–Trinajstić information content (AvgIpc) is 2.28. The molecule has 1 rings (SSSR count). The summed E-state index contributed by atoms with van der Waals surface area (Å²) in [5, 5.41) is 3.44. The Morgan fingerprint density at radius 1 is 1.06 bits per heavy atom. The van der Waals surface area contributed by atoms with Gasteiger partial charge in [-0.05, 0) is 24.1 Å². The molecule has 0 saturated heterocycles. The lowest BCUT2D eigenvalue weighted by Crippen LogP contribution is -2.27. The van der Waals surface area contributed by atoms with Crippen LogP contribution in [0.15, 0.2) is 24.3 Å². The SMILES string of the molecule is CCC.CCC(NC(C)C)c1ccc(F)cc1. The molecule has 98 valence electrons. The number of benzene rings is 1. The first kappa shape index (κ1) is 16.1. The molecule has 1 N–H and O–H groups in total. The van der Waals surface area contributed by atoms with Crippen molar-refractivity contribution in [1.29, 1.82) is 0 Å². The maximum atomic E-state index is 12.7. The molecule has 0 aliphatic rings. The summed E-state index contributed by atoms with van der Waals surface area (Å²) in [6.45, 7) is 10.6. The van der Waals surface area contributed by atoms with Crippen LogP contribution in [0, 0.1) is 5.82 Å². The highest BCUT2D eigenvalue weighted by Crippen LogP contribution is 2.17. The van der Waals surface area contributed by atoms with E-state index in [4.69, 9.17) is 0 Å². The van der Waals surface area contributed by atoms with Crippen LogP contribution in [-0.2, 0) is 0 Å². The molecule has 1 aromatic rings. The molecule has 17 heavy (non-hydrogen) atoms. The minimum absolute atomic E-state index is 0.173. The minimum Gasteiger partial charge on any atom is -0.308 e. The van der Waals surface area contributed by atoms with Crippen molar-refractivity contribution in [3.05, 3.63) is 35.6 Å². The Balaban J connectivity index is 0.000000770. The molecule has 1 nitrogen and oxygen atoms in total. The molecule has 0 amide bonds. The third-order valence-corrected chi connectivity index (χ3v) is 2.22. The Labute approximate surface area is 105 Å². The van der Waals surface area contributed by atoms with E-state index < -0.39 is 0 Å². The number of halogens is 1. The van der Waals surface area contributed by atoms with Crippen LogP contribution in [-0.4, -0.2) is 6.04 Å². The molecule has 0 fully saturated rings. The van der Waals surface area contributed by atoms with E-state index in [9.17, 15) is 4.39 Å². The topological polar surface area (TPSA) is 12.0 Å². The van der Waals surface area contributed by atoms with Gasteiger partial charge in [-0.1, -0.05) is 53.2 Å². The number of rotatable bonds is 4. The summed E-state index contributed by atoms with van der Waals surface area (Å²) in [4.78, 5) is 0. The number of nitrogens with one attached hydrogen (secondary N) is 1. The van der Waals surface area contributed by atoms with Gasteiger partial charge < -0.3 is 5.32 Å². The van der Waals surface area contributed by atoms with Crippen molar-refractivity contribution in [2.24, 2.45) is 0 Å². The summed E-state index contributed by atoms with van der Waals surface area (Å²) < 4.78 is 12.7. The van der Waals surface area contributed by atoms with Gasteiger partial charge in [-0.3, -0.25) is 0 Å². The molecule has 0 aliphatic carbocycles. The van der Waals surface area contributed by atoms with Gasteiger partial charge in [0.25, 0.3) is 0 Å². The second-order valence-electron chi connectivity index (χ2n) is 4.54. The van der Waals surface area contributed by atoms with E-state index in [0.717, 1.165) is 12.0 Å². The summed E-state index contributed by atoms with van der Waals surface area (Å²) >= 11 is 0. The molecule has 2 heteroatoms. The van der Waals surface area contributed by atoms with Crippen LogP contribution in [0.25, 0.3) is 0 Å². The molecule has 1 atom stereocenters. The van der Waals surface area contributed by atoms with Crippen LogP contribution in [0.3, 0.4) is 0 Å². The molecule has 0 saturated carbocycles. The van der Waals surface area contributed by atoms with Crippen molar-refractivity contribution in [1.82, 2.24) is 5.32 Å². The molecule has 0 radical (unpaired) electrons. The smallest absolute Gasteiger partial charge is 0.123 e. The van der Waals surface area contributed by atoms with Gasteiger partial charge in [0.1, 0.15) is 5.82 Å². The standard InChI is InChI=1S/C12H18FN.C3H8/c1-4-12(14-9(2)3)10-5-7-11(13)8-6-10;1-3-2/h5-9,12,14H,4H2,1-3H3;3H2,1-2H3. The summed E-state index contributed by atoms with van der Waals surface area (Å²) in [6.07, 6.45) is 2.27. The van der Waals surface area contributed by atoms with Crippen molar-refractivity contribution < 1.29 is 4.39 Å². The van der Waals surface area contributed by atoms with E-state index in [2.05, 4.69) is 39.9 Å². The maximum Gasteiger partial charge on any atom is 0.123 e. The lowest BCUT2D eigenvalue weighted by molar-refractivity contribution is 0.465. The van der Waals surface area contributed by atoms with Gasteiger partial charge in [0.2, 0.25) is 0 Å². The molecule has 0 heterocycles. The summed E-state index contributed by atoms with van der Waals surface area (Å²) in [6, 6.07) is 7.50. The van der Waals surface area contributed by atoms with E-state index in [-0.39, 0.29) is 5.82 Å². The Hall–Kier alpha value is -0.890. The zero-order chi connectivity index (χ0) is 13.3. The van der Waals surface area contributed by atoms with Crippen LogP contribution in [0.2, 0.25) is 0 Å². The molecule has 0 spiro atoms. The Morgan fingerprint density at radius 2 is 1.53 bits per heavy atom. The van der Waals surface area contributed by atoms with Crippen molar-refractivity contribution in [2.75, 3.05) is 0 Å². The van der Waals surface area contributed by atoms with Gasteiger partial charge in [0, 0.05) is 12.1 Å². The zero-order valence-corrected chi connectivity index (χ0v) is 11.8. The van der Waals surface area contributed by atoms with E-state index in [1.807, 2.05) is 12.1 Å². The average molecular weight is 239 g/mol. The molecule has 0 bridgehead atoms. The van der Waals surface area contributed by atoms with Crippen LogP contribution < -0.4 is 5.32 Å². The first-order valence-corrected chi connectivity index (χ1v) is 6.56. The quantitative estimate of drug-likeness (QED) is 0.803. The van der Waals surface area contributed by atoms with Crippen LogP contribution >= 0.6 is 0 Å². The third kappa shape index (κ3) is 7.11. The van der Waals surface area contributed by atoms with Gasteiger partial charge in [-0.15, -0.1) is 0 Å². The fourth-order valence-corrected chi connectivity index (χ4v) is 1.55. The minimum atomic E-state index is -0.173. The van der Waals surface area contributed by atoms with Gasteiger partial charge in [-0.2, -0.15) is 0 Å². The van der Waals surface area contributed by atoms with Gasteiger partial charge in [-0.25, -0.2) is 4.39 Å². The Kier molecular flexibility index (Phi) is 8.69. The third-order valence-electron chi connectivity index (χ3n) is 2.22. The predicted molar refractivity (Wildman–Crippen MR) is 73.7 cm³/mol. The summed E-state index contributed by atoms with van der Waals surface area (Å²) in [5.74, 6) is -0.173. The first-order valence-electron chi connectivity index (χ1n) is 6.56. The highest BCUT2D eigenvalue weighted by molar-refractivity contribution is 5.19. The van der Waals surface area contributed by atoms with Crippen molar-refractivity contribution in [3.63, 3.8) is 0 Å². The van der Waals surface area contributed by atoms with Crippen LogP contribution in [0.5, 0.6) is 0 Å². The lowest BCUT2D eigenvalue weighted by Gasteiger charge is -2.20. The normalized spacial score (nSPS) is 11.9. The van der Waals surface area contributed by atoms with Crippen molar-refractivity contribution >= 4 is 0 Å². The molecule has 1 aromatic carbocycles. The van der Waals surface area contributed by atoms with Gasteiger partial charge >= 0.3 is 0 Å². The van der Waals surface area contributed by atoms with E-state index in [1.54, 1.807) is 0 Å². The van der Waals surface area contributed by atoms with E-state index >= 15 is 0 Å². The molecule has 0 aromatic heterocycles. The molecule has 0 aliphatic heterocycles. The number of hydrogen-bond donors (Lipinski definition) is 1. The second kappa shape index (κ2) is 9.17. The maximum absolute atomic E-state index is 12.7. The van der Waals surface area contributed by atoms with E-state index in [0.29, 0.717) is 12.1 Å². The zero-order valence-electron chi connectivity index (χ0n) is 11.8. The van der Waals surface area contributed by atoms with Crippen LogP contribution in [0.4, 0.5) is 4.39 Å². The fraction of sp³-hybridized carbons (Fsp3) is 0.600. The molecular weight excluding hydrogens is 213 g/mol. The summed E-state index contributed by atoms with van der Waals surface area (Å²) in [5.41, 5.74) is 1.16.